The van der Waals surface area contributed by atoms with Crippen LogP contribution in [-0.2, 0) is 29.7 Å². The van der Waals surface area contributed by atoms with Crippen molar-refractivity contribution in [3.05, 3.63) is 40.1 Å². The Morgan fingerprint density at radius 1 is 1.32 bits per heavy atom. The summed E-state index contributed by atoms with van der Waals surface area (Å²) < 4.78 is 33.8. The fourth-order valence-electron chi connectivity index (χ4n) is 4.10. The lowest BCUT2D eigenvalue weighted by Gasteiger charge is -2.36. The first-order valence-corrected chi connectivity index (χ1v) is 10.9. The summed E-state index contributed by atoms with van der Waals surface area (Å²) in [5.41, 5.74) is 2.17. The molecule has 0 spiro atoms. The van der Waals surface area contributed by atoms with Crippen molar-refractivity contribution in [2.45, 2.75) is 56.9 Å². The Hall–Kier alpha value is -2.40. The van der Waals surface area contributed by atoms with Gasteiger partial charge in [-0.25, -0.2) is 9.78 Å². The van der Waals surface area contributed by atoms with Crippen molar-refractivity contribution in [2.75, 3.05) is 6.54 Å². The number of imidazole rings is 1. The summed E-state index contributed by atoms with van der Waals surface area (Å²) >= 11 is 1.68. The standard InChI is InChI=1S/C18H24N4OS.C2HF3O2/c1-21-12-20-16-11-22(13-5-2-3-6-13)10-15(17(16)21)18(23)19-9-14-7-4-8-24-14;3-2(4,5)1(6)7/h4,7-8,12-13,15H,2-3,5-6,9-11H2,1H3,(H,19,23);(H,6,7). The highest BCUT2D eigenvalue weighted by molar-refractivity contribution is 7.09. The van der Waals surface area contributed by atoms with Gasteiger partial charge in [0.25, 0.3) is 0 Å². The first kappa shape index (κ1) is 23.3. The summed E-state index contributed by atoms with van der Waals surface area (Å²) in [5.74, 6) is -2.76. The molecule has 3 heterocycles. The van der Waals surface area contributed by atoms with Gasteiger partial charge in [0, 0.05) is 31.1 Å². The van der Waals surface area contributed by atoms with E-state index in [4.69, 9.17) is 9.90 Å². The van der Waals surface area contributed by atoms with Crippen LogP contribution in [0, 0.1) is 0 Å². The maximum absolute atomic E-state index is 12.9. The molecule has 2 N–H and O–H groups in total. The Morgan fingerprint density at radius 2 is 2.00 bits per heavy atom. The Labute approximate surface area is 181 Å². The number of thiophene rings is 1. The number of carbonyl (C=O) groups is 2. The number of nitrogens with one attached hydrogen (secondary N) is 1. The lowest BCUT2D eigenvalue weighted by Crippen LogP contribution is -2.45. The van der Waals surface area contributed by atoms with E-state index in [9.17, 15) is 18.0 Å². The summed E-state index contributed by atoms with van der Waals surface area (Å²) in [6, 6.07) is 4.70. The molecular formula is C20H25F3N4O3S. The van der Waals surface area contributed by atoms with E-state index >= 15 is 0 Å². The number of rotatable bonds is 4. The molecule has 1 unspecified atom stereocenters. The molecule has 170 valence electrons. The van der Waals surface area contributed by atoms with Gasteiger partial charge in [-0.3, -0.25) is 9.69 Å². The Kier molecular flexibility index (Phi) is 7.37. The minimum absolute atomic E-state index is 0.121. The van der Waals surface area contributed by atoms with Gasteiger partial charge in [-0.1, -0.05) is 18.9 Å². The van der Waals surface area contributed by atoms with E-state index in [-0.39, 0.29) is 11.8 Å². The minimum Gasteiger partial charge on any atom is -0.475 e. The molecule has 1 atom stereocenters. The smallest absolute Gasteiger partial charge is 0.475 e. The van der Waals surface area contributed by atoms with E-state index < -0.39 is 12.1 Å². The van der Waals surface area contributed by atoms with E-state index in [0.717, 1.165) is 24.5 Å². The quantitative estimate of drug-likeness (QED) is 0.734. The molecule has 7 nitrogen and oxygen atoms in total. The fraction of sp³-hybridized carbons (Fsp3) is 0.550. The summed E-state index contributed by atoms with van der Waals surface area (Å²) in [4.78, 5) is 30.0. The molecule has 1 saturated carbocycles. The first-order chi connectivity index (χ1) is 14.7. The van der Waals surface area contributed by atoms with Crippen LogP contribution in [0.1, 0.15) is 47.9 Å². The molecule has 1 aliphatic carbocycles. The molecule has 2 aromatic rings. The fourth-order valence-corrected chi connectivity index (χ4v) is 4.74. The molecule has 0 saturated heterocycles. The number of hydrogen-bond donors (Lipinski definition) is 2. The van der Waals surface area contributed by atoms with Crippen molar-refractivity contribution in [2.24, 2.45) is 7.05 Å². The molecule has 31 heavy (non-hydrogen) atoms. The van der Waals surface area contributed by atoms with Crippen LogP contribution in [0.5, 0.6) is 0 Å². The van der Waals surface area contributed by atoms with Crippen LogP contribution < -0.4 is 5.32 Å². The molecule has 0 radical (unpaired) electrons. The van der Waals surface area contributed by atoms with Crippen LogP contribution in [0.2, 0.25) is 0 Å². The van der Waals surface area contributed by atoms with Crippen LogP contribution in [-0.4, -0.2) is 50.2 Å². The van der Waals surface area contributed by atoms with Crippen LogP contribution in [0.3, 0.4) is 0 Å². The highest BCUT2D eigenvalue weighted by atomic mass is 32.1. The summed E-state index contributed by atoms with van der Waals surface area (Å²) in [7, 11) is 2.00. The van der Waals surface area contributed by atoms with Gasteiger partial charge >= 0.3 is 12.1 Å². The van der Waals surface area contributed by atoms with Crippen LogP contribution >= 0.6 is 11.3 Å². The second kappa shape index (κ2) is 9.82. The summed E-state index contributed by atoms with van der Waals surface area (Å²) in [5, 5.41) is 12.3. The number of fused-ring (bicyclic) bond motifs is 1. The molecule has 0 bridgehead atoms. The van der Waals surface area contributed by atoms with E-state index in [2.05, 4.69) is 21.3 Å². The van der Waals surface area contributed by atoms with Gasteiger partial charge in [0.2, 0.25) is 5.91 Å². The SMILES string of the molecule is Cn1cnc2c1C(C(=O)NCc1cccs1)CN(C1CCCC1)C2.O=C(O)C(F)(F)F. The van der Waals surface area contributed by atoms with E-state index in [1.165, 1.54) is 30.6 Å². The lowest BCUT2D eigenvalue weighted by molar-refractivity contribution is -0.192. The molecule has 11 heteroatoms. The monoisotopic (exact) mass is 458 g/mol. The van der Waals surface area contributed by atoms with Gasteiger partial charge in [0.05, 0.1) is 30.2 Å². The molecular weight excluding hydrogens is 433 g/mol. The number of aromatic nitrogens is 2. The number of amides is 1. The van der Waals surface area contributed by atoms with Gasteiger partial charge in [-0.15, -0.1) is 11.3 Å². The number of hydrogen-bond acceptors (Lipinski definition) is 5. The third-order valence-corrected chi connectivity index (χ3v) is 6.46. The van der Waals surface area contributed by atoms with Crippen LogP contribution in [0.25, 0.3) is 0 Å². The maximum Gasteiger partial charge on any atom is 0.490 e. The average Bonchev–Trinajstić information content (AvgIpc) is 3.48. The third-order valence-electron chi connectivity index (χ3n) is 5.58. The zero-order valence-electron chi connectivity index (χ0n) is 17.1. The van der Waals surface area contributed by atoms with Crippen LogP contribution in [0.4, 0.5) is 13.2 Å². The number of alkyl halides is 3. The second-order valence-electron chi connectivity index (χ2n) is 7.71. The molecule has 2 aliphatic rings. The number of aliphatic carboxylic acids is 1. The molecule has 1 aliphatic heterocycles. The predicted molar refractivity (Wildman–Crippen MR) is 108 cm³/mol. The van der Waals surface area contributed by atoms with Gasteiger partial charge in [-0.2, -0.15) is 13.2 Å². The minimum atomic E-state index is -5.08. The topological polar surface area (TPSA) is 87.5 Å². The van der Waals surface area contributed by atoms with Gasteiger partial charge in [0.1, 0.15) is 0 Å². The van der Waals surface area contributed by atoms with E-state index in [1.807, 2.05) is 29.4 Å². The van der Waals surface area contributed by atoms with Crippen molar-refractivity contribution < 1.29 is 27.9 Å². The van der Waals surface area contributed by atoms with Crippen molar-refractivity contribution in [1.29, 1.82) is 0 Å². The number of nitrogens with zero attached hydrogens (tertiary/aromatic N) is 3. The highest BCUT2D eigenvalue weighted by Crippen LogP contribution is 2.33. The summed E-state index contributed by atoms with van der Waals surface area (Å²) in [6.07, 6.45) is 1.90. The summed E-state index contributed by atoms with van der Waals surface area (Å²) in [6.45, 7) is 2.31. The van der Waals surface area contributed by atoms with E-state index in [1.54, 1.807) is 11.3 Å². The van der Waals surface area contributed by atoms with Crippen LogP contribution in [0.15, 0.2) is 23.8 Å². The van der Waals surface area contributed by atoms with Gasteiger partial charge in [-0.05, 0) is 24.3 Å². The second-order valence-corrected chi connectivity index (χ2v) is 8.74. The zero-order chi connectivity index (χ0) is 22.6. The van der Waals surface area contributed by atoms with Gasteiger partial charge < -0.3 is 15.0 Å². The maximum atomic E-state index is 12.9. The van der Waals surface area contributed by atoms with Crippen molar-refractivity contribution in [3.63, 3.8) is 0 Å². The number of carbonyl (C=O) groups excluding carboxylic acids is 1. The van der Waals surface area contributed by atoms with Gasteiger partial charge in [0.15, 0.2) is 0 Å². The lowest BCUT2D eigenvalue weighted by atomic mass is 9.95. The average molecular weight is 459 g/mol. The zero-order valence-corrected chi connectivity index (χ0v) is 17.9. The highest BCUT2D eigenvalue weighted by Gasteiger charge is 2.38. The molecule has 0 aromatic carbocycles. The molecule has 1 fully saturated rings. The van der Waals surface area contributed by atoms with Crippen molar-refractivity contribution >= 4 is 23.2 Å². The Bertz CT molecular complexity index is 892. The predicted octanol–water partition coefficient (Wildman–Crippen LogP) is 3.27. The van der Waals surface area contributed by atoms with Crippen molar-refractivity contribution in [3.8, 4) is 0 Å². The third kappa shape index (κ3) is 5.85. The molecule has 4 rings (SSSR count). The Morgan fingerprint density at radius 3 is 2.58 bits per heavy atom. The number of halogens is 3. The number of carboxylic acid groups (broad SMARTS) is 1. The molecule has 1 amide bonds. The number of carboxylic acids is 1. The number of aryl methyl sites for hydroxylation is 1. The van der Waals surface area contributed by atoms with Crippen molar-refractivity contribution in [1.82, 2.24) is 19.8 Å². The normalized spacial score (nSPS) is 19.4. The first-order valence-electron chi connectivity index (χ1n) is 10.0. The molecule has 2 aromatic heterocycles. The van der Waals surface area contributed by atoms with E-state index in [0.29, 0.717) is 12.6 Å². The Balaban J connectivity index is 0.000000339. The largest absolute Gasteiger partial charge is 0.490 e.